The minimum atomic E-state index is -3.57. The summed E-state index contributed by atoms with van der Waals surface area (Å²) in [5.74, 6) is -0.573. The van der Waals surface area contributed by atoms with Crippen molar-refractivity contribution < 1.29 is 18.0 Å². The topological polar surface area (TPSA) is 86.8 Å². The number of carbonyl (C=O) groups excluding carboxylic acids is 2. The standard InChI is InChI=1S/C27H37Cl2N3O4S/c1-7-20(4)30-27(34)21(5)31(17-22-23(28)10-8-11-24(22)29)26(33)12-9-15-32(37(6,35)36)25-16-18(2)13-14-19(25)3/h8,10-11,13-14,16,20-21H,7,9,12,15,17H2,1-6H3,(H,30,34)/t20-,21+/m1/s1. The number of sulfonamides is 1. The number of hydrogen-bond donors (Lipinski definition) is 1. The van der Waals surface area contributed by atoms with Gasteiger partial charge in [-0.05, 0) is 69.9 Å². The van der Waals surface area contributed by atoms with E-state index in [1.165, 1.54) is 9.21 Å². The number of aryl methyl sites for hydroxylation is 2. The lowest BCUT2D eigenvalue weighted by Gasteiger charge is -2.31. The van der Waals surface area contributed by atoms with Crippen LogP contribution in [0.25, 0.3) is 0 Å². The summed E-state index contributed by atoms with van der Waals surface area (Å²) < 4.78 is 26.5. The molecule has 0 aliphatic heterocycles. The van der Waals surface area contributed by atoms with Gasteiger partial charge in [-0.3, -0.25) is 13.9 Å². The fraction of sp³-hybridized carbons (Fsp3) is 0.481. The van der Waals surface area contributed by atoms with Crippen LogP contribution in [-0.4, -0.2) is 50.0 Å². The Bertz CT molecular complexity index is 1200. The van der Waals surface area contributed by atoms with Crippen molar-refractivity contribution in [1.29, 1.82) is 0 Å². The minimum Gasteiger partial charge on any atom is -0.352 e. The predicted octanol–water partition coefficient (Wildman–Crippen LogP) is 5.49. The van der Waals surface area contributed by atoms with Gasteiger partial charge in [-0.1, -0.05) is 48.3 Å². The number of rotatable bonds is 12. The van der Waals surface area contributed by atoms with Crippen molar-refractivity contribution in [2.75, 3.05) is 17.1 Å². The fourth-order valence-electron chi connectivity index (χ4n) is 3.87. The largest absolute Gasteiger partial charge is 0.352 e. The minimum absolute atomic E-state index is 0.0416. The first kappa shape index (κ1) is 30.9. The molecule has 0 bridgehead atoms. The third kappa shape index (κ3) is 8.62. The Balaban J connectivity index is 2.26. The monoisotopic (exact) mass is 569 g/mol. The van der Waals surface area contributed by atoms with Crippen LogP contribution in [0.2, 0.25) is 10.0 Å². The Labute approximate surface area is 231 Å². The van der Waals surface area contributed by atoms with Crippen LogP contribution in [0.1, 0.15) is 56.7 Å². The molecule has 0 unspecified atom stereocenters. The summed E-state index contributed by atoms with van der Waals surface area (Å²) in [6.07, 6.45) is 2.22. The van der Waals surface area contributed by atoms with Gasteiger partial charge in [0.2, 0.25) is 21.8 Å². The van der Waals surface area contributed by atoms with E-state index in [0.29, 0.717) is 21.3 Å². The van der Waals surface area contributed by atoms with E-state index in [1.54, 1.807) is 25.1 Å². The lowest BCUT2D eigenvalue weighted by molar-refractivity contribution is -0.140. The van der Waals surface area contributed by atoms with Gasteiger partial charge in [-0.2, -0.15) is 0 Å². The van der Waals surface area contributed by atoms with Crippen LogP contribution in [0.3, 0.4) is 0 Å². The summed E-state index contributed by atoms with van der Waals surface area (Å²) in [6, 6.07) is 9.88. The Morgan fingerprint density at radius 3 is 2.24 bits per heavy atom. The van der Waals surface area contributed by atoms with Gasteiger partial charge in [0.1, 0.15) is 6.04 Å². The first-order valence-electron chi connectivity index (χ1n) is 12.3. The number of hydrogen-bond acceptors (Lipinski definition) is 4. The highest BCUT2D eigenvalue weighted by atomic mass is 35.5. The van der Waals surface area contributed by atoms with E-state index in [0.717, 1.165) is 23.8 Å². The maximum atomic E-state index is 13.5. The highest BCUT2D eigenvalue weighted by molar-refractivity contribution is 7.92. The van der Waals surface area contributed by atoms with Crippen LogP contribution in [0.15, 0.2) is 36.4 Å². The van der Waals surface area contributed by atoms with Crippen molar-refractivity contribution in [1.82, 2.24) is 10.2 Å². The molecule has 0 heterocycles. The molecule has 2 atom stereocenters. The first-order valence-corrected chi connectivity index (χ1v) is 14.9. The first-order chi connectivity index (χ1) is 17.3. The smallest absolute Gasteiger partial charge is 0.242 e. The van der Waals surface area contributed by atoms with E-state index in [-0.39, 0.29) is 43.8 Å². The van der Waals surface area contributed by atoms with Crippen LogP contribution in [0, 0.1) is 13.8 Å². The van der Waals surface area contributed by atoms with Gasteiger partial charge in [-0.25, -0.2) is 8.42 Å². The predicted molar refractivity (Wildman–Crippen MR) is 152 cm³/mol. The second kappa shape index (κ2) is 13.5. The molecule has 0 fully saturated rings. The van der Waals surface area contributed by atoms with Crippen molar-refractivity contribution in [3.8, 4) is 0 Å². The molecular weight excluding hydrogens is 533 g/mol. The van der Waals surface area contributed by atoms with Crippen LogP contribution < -0.4 is 9.62 Å². The van der Waals surface area contributed by atoms with Gasteiger partial charge in [-0.15, -0.1) is 0 Å². The second-order valence-corrected chi connectivity index (χ2v) is 12.2. The molecule has 0 aromatic heterocycles. The molecule has 1 N–H and O–H groups in total. The molecule has 2 rings (SSSR count). The molecule has 2 amide bonds. The van der Waals surface area contributed by atoms with Crippen LogP contribution in [-0.2, 0) is 26.2 Å². The van der Waals surface area contributed by atoms with E-state index in [1.807, 2.05) is 45.9 Å². The van der Waals surface area contributed by atoms with Crippen molar-refractivity contribution in [3.63, 3.8) is 0 Å². The molecular formula is C27H37Cl2N3O4S. The molecule has 204 valence electrons. The number of nitrogens with one attached hydrogen (secondary N) is 1. The lowest BCUT2D eigenvalue weighted by atomic mass is 10.1. The molecule has 0 saturated heterocycles. The number of anilines is 1. The van der Waals surface area contributed by atoms with E-state index >= 15 is 0 Å². The zero-order chi connectivity index (χ0) is 27.9. The summed E-state index contributed by atoms with van der Waals surface area (Å²) in [5, 5.41) is 3.72. The maximum Gasteiger partial charge on any atom is 0.242 e. The van der Waals surface area contributed by atoms with Crippen LogP contribution >= 0.6 is 23.2 Å². The average Bonchev–Trinajstić information content (AvgIpc) is 2.82. The molecule has 0 aliphatic rings. The van der Waals surface area contributed by atoms with Crippen molar-refractivity contribution in [3.05, 3.63) is 63.1 Å². The quantitative estimate of drug-likeness (QED) is 0.366. The molecule has 0 saturated carbocycles. The lowest BCUT2D eigenvalue weighted by Crippen LogP contribution is -2.49. The van der Waals surface area contributed by atoms with Gasteiger partial charge < -0.3 is 10.2 Å². The summed E-state index contributed by atoms with van der Waals surface area (Å²) in [6.45, 7) is 9.46. The molecule has 0 spiro atoms. The molecule has 10 heteroatoms. The Kier molecular flexibility index (Phi) is 11.3. The number of halogens is 2. The summed E-state index contributed by atoms with van der Waals surface area (Å²) in [5.41, 5.74) is 2.91. The van der Waals surface area contributed by atoms with E-state index in [4.69, 9.17) is 23.2 Å². The third-order valence-corrected chi connectivity index (χ3v) is 8.23. The summed E-state index contributed by atoms with van der Waals surface area (Å²) in [4.78, 5) is 27.8. The molecule has 2 aromatic rings. The highest BCUT2D eigenvalue weighted by Crippen LogP contribution is 2.28. The maximum absolute atomic E-state index is 13.5. The molecule has 7 nitrogen and oxygen atoms in total. The number of amides is 2. The molecule has 0 radical (unpaired) electrons. The van der Waals surface area contributed by atoms with Crippen LogP contribution in [0.5, 0.6) is 0 Å². The Morgan fingerprint density at radius 2 is 1.68 bits per heavy atom. The van der Waals surface area contributed by atoms with Gasteiger partial charge in [0.25, 0.3) is 0 Å². The van der Waals surface area contributed by atoms with E-state index < -0.39 is 16.1 Å². The average molecular weight is 571 g/mol. The normalized spacial score (nSPS) is 13.1. The van der Waals surface area contributed by atoms with Crippen molar-refractivity contribution in [2.45, 2.75) is 72.5 Å². The summed E-state index contributed by atoms with van der Waals surface area (Å²) in [7, 11) is -3.57. The zero-order valence-electron chi connectivity index (χ0n) is 22.3. The van der Waals surface area contributed by atoms with E-state index in [2.05, 4.69) is 5.32 Å². The van der Waals surface area contributed by atoms with Gasteiger partial charge in [0.15, 0.2) is 0 Å². The zero-order valence-corrected chi connectivity index (χ0v) is 24.7. The van der Waals surface area contributed by atoms with Gasteiger partial charge in [0, 0.05) is 41.2 Å². The molecule has 2 aromatic carbocycles. The third-order valence-electron chi connectivity index (χ3n) is 6.34. The van der Waals surface area contributed by atoms with Crippen molar-refractivity contribution in [2.24, 2.45) is 0 Å². The SMILES string of the molecule is CC[C@@H](C)NC(=O)[C@H](C)N(Cc1c(Cl)cccc1Cl)C(=O)CCCN(c1cc(C)ccc1C)S(C)(=O)=O. The van der Waals surface area contributed by atoms with Crippen LogP contribution in [0.4, 0.5) is 5.69 Å². The molecule has 0 aliphatic carbocycles. The summed E-state index contributed by atoms with van der Waals surface area (Å²) >= 11 is 12.7. The number of nitrogens with zero attached hydrogens (tertiary/aromatic N) is 2. The second-order valence-electron chi connectivity index (χ2n) is 9.44. The molecule has 37 heavy (non-hydrogen) atoms. The van der Waals surface area contributed by atoms with E-state index in [9.17, 15) is 18.0 Å². The van der Waals surface area contributed by atoms with Gasteiger partial charge >= 0.3 is 0 Å². The van der Waals surface area contributed by atoms with Crippen molar-refractivity contribution >= 4 is 50.7 Å². The number of benzene rings is 2. The fourth-order valence-corrected chi connectivity index (χ4v) is 5.40. The number of carbonyl (C=O) groups is 2. The van der Waals surface area contributed by atoms with Gasteiger partial charge in [0.05, 0.1) is 11.9 Å². The highest BCUT2D eigenvalue weighted by Gasteiger charge is 2.28. The Hall–Kier alpha value is -2.29. The Morgan fingerprint density at radius 1 is 1.05 bits per heavy atom.